The van der Waals surface area contributed by atoms with Crippen LogP contribution < -0.4 is 14.5 Å². The van der Waals surface area contributed by atoms with Gasteiger partial charge in [0.1, 0.15) is 12.4 Å². The molecule has 1 saturated heterocycles. The highest BCUT2D eigenvalue weighted by Gasteiger charge is 2.31. The molecule has 26 heavy (non-hydrogen) atoms. The fourth-order valence-electron chi connectivity index (χ4n) is 3.92. The summed E-state index contributed by atoms with van der Waals surface area (Å²) >= 11 is 0. The van der Waals surface area contributed by atoms with Crippen molar-refractivity contribution in [2.24, 2.45) is 0 Å². The smallest absolute Gasteiger partial charge is 0.151 e. The van der Waals surface area contributed by atoms with E-state index in [1.54, 1.807) is 0 Å². The minimum absolute atomic E-state index is 0.727. The fourth-order valence-corrected chi connectivity index (χ4v) is 3.92. The molecular weight excluding hydrogens is 326 g/mol. The Bertz CT molecular complexity index is 781. The number of fused-ring (bicyclic) bond motifs is 1. The molecule has 6 nitrogen and oxygen atoms in total. The highest BCUT2D eigenvalue weighted by atomic mass is 16.5. The van der Waals surface area contributed by atoms with Gasteiger partial charge in [-0.1, -0.05) is 6.07 Å². The van der Waals surface area contributed by atoms with Crippen LogP contribution in [0.1, 0.15) is 12.8 Å². The van der Waals surface area contributed by atoms with Gasteiger partial charge in [-0.3, -0.25) is 4.90 Å². The molecule has 0 atom stereocenters. The molecule has 3 heterocycles. The van der Waals surface area contributed by atoms with E-state index in [1.165, 1.54) is 12.8 Å². The van der Waals surface area contributed by atoms with Crippen molar-refractivity contribution < 1.29 is 4.74 Å². The average molecular weight is 351 g/mol. The normalized spacial score (nSPS) is 20.7. The Morgan fingerprint density at radius 1 is 0.962 bits per heavy atom. The molecule has 136 valence electrons. The number of piperazine rings is 1. The number of likely N-dealkylation sites (N-methyl/N-ethyl adjacent to an activating group) is 1. The Balaban J connectivity index is 1.31. The van der Waals surface area contributed by atoms with Gasteiger partial charge in [0.25, 0.3) is 0 Å². The standard InChI is InChI=1S/C20H25N5O/c1-23-12-13-26-19-14-15(2-6-18(19)23)17-5-7-20(22-21-17)25-10-8-24(9-11-25)16-3-4-16/h2,5-7,14,16H,3-4,8-13H2,1H3. The SMILES string of the molecule is CN1CCOc2cc(-c3ccc(N4CCN(C5CC5)CC4)nn3)ccc21. The maximum atomic E-state index is 5.81. The molecule has 0 amide bonds. The van der Waals surface area contributed by atoms with Crippen molar-refractivity contribution in [2.75, 3.05) is 56.2 Å². The molecule has 0 spiro atoms. The number of benzene rings is 1. The van der Waals surface area contributed by atoms with E-state index in [0.717, 1.165) is 73.9 Å². The second-order valence-corrected chi connectivity index (χ2v) is 7.48. The lowest BCUT2D eigenvalue weighted by Crippen LogP contribution is -2.47. The molecular formula is C20H25N5O. The summed E-state index contributed by atoms with van der Waals surface area (Å²) in [6.07, 6.45) is 2.77. The summed E-state index contributed by atoms with van der Waals surface area (Å²) in [5.41, 5.74) is 3.08. The lowest BCUT2D eigenvalue weighted by Gasteiger charge is -2.35. The first-order valence-electron chi connectivity index (χ1n) is 9.59. The number of hydrogen-bond acceptors (Lipinski definition) is 6. The number of rotatable bonds is 3. The van der Waals surface area contributed by atoms with Gasteiger partial charge < -0.3 is 14.5 Å². The molecule has 2 fully saturated rings. The molecule has 1 aromatic carbocycles. The molecule has 1 saturated carbocycles. The third-order valence-electron chi connectivity index (χ3n) is 5.70. The van der Waals surface area contributed by atoms with Crippen LogP contribution in [0, 0.1) is 0 Å². The lowest BCUT2D eigenvalue weighted by molar-refractivity contribution is 0.247. The molecule has 1 aromatic heterocycles. The van der Waals surface area contributed by atoms with Crippen LogP contribution in [0.25, 0.3) is 11.3 Å². The van der Waals surface area contributed by atoms with Crippen LogP contribution in [0.4, 0.5) is 11.5 Å². The van der Waals surface area contributed by atoms with Crippen LogP contribution in [0.3, 0.4) is 0 Å². The van der Waals surface area contributed by atoms with Crippen LogP contribution in [0.15, 0.2) is 30.3 Å². The van der Waals surface area contributed by atoms with Crippen molar-refractivity contribution in [3.05, 3.63) is 30.3 Å². The Hall–Kier alpha value is -2.34. The highest BCUT2D eigenvalue weighted by Crippen LogP contribution is 2.34. The van der Waals surface area contributed by atoms with Crippen molar-refractivity contribution in [2.45, 2.75) is 18.9 Å². The zero-order valence-corrected chi connectivity index (χ0v) is 15.3. The van der Waals surface area contributed by atoms with Crippen LogP contribution in [-0.2, 0) is 0 Å². The third-order valence-corrected chi connectivity index (χ3v) is 5.70. The summed E-state index contributed by atoms with van der Waals surface area (Å²) in [4.78, 5) is 7.18. The Labute approximate surface area is 154 Å². The summed E-state index contributed by atoms with van der Waals surface area (Å²) in [6, 6.07) is 11.3. The molecule has 2 aliphatic heterocycles. The fraction of sp³-hybridized carbons (Fsp3) is 0.500. The topological polar surface area (TPSA) is 44.7 Å². The molecule has 5 rings (SSSR count). The van der Waals surface area contributed by atoms with E-state index in [0.29, 0.717) is 0 Å². The first kappa shape index (κ1) is 15.9. The van der Waals surface area contributed by atoms with Crippen molar-refractivity contribution in [3.8, 4) is 17.0 Å². The predicted molar refractivity (Wildman–Crippen MR) is 103 cm³/mol. The largest absolute Gasteiger partial charge is 0.490 e. The Morgan fingerprint density at radius 2 is 1.81 bits per heavy atom. The zero-order valence-electron chi connectivity index (χ0n) is 15.3. The number of hydrogen-bond donors (Lipinski definition) is 0. The van der Waals surface area contributed by atoms with Crippen molar-refractivity contribution in [3.63, 3.8) is 0 Å². The number of aromatic nitrogens is 2. The predicted octanol–water partition coefficient (Wildman–Crippen LogP) is 2.26. The van der Waals surface area contributed by atoms with E-state index in [4.69, 9.17) is 4.74 Å². The first-order valence-corrected chi connectivity index (χ1v) is 9.59. The van der Waals surface area contributed by atoms with Gasteiger partial charge in [-0.05, 0) is 37.1 Å². The van der Waals surface area contributed by atoms with Crippen molar-refractivity contribution in [1.82, 2.24) is 15.1 Å². The van der Waals surface area contributed by atoms with E-state index in [1.807, 2.05) is 0 Å². The Morgan fingerprint density at radius 3 is 2.54 bits per heavy atom. The quantitative estimate of drug-likeness (QED) is 0.845. The third kappa shape index (κ3) is 2.98. The van der Waals surface area contributed by atoms with Crippen LogP contribution in [0.5, 0.6) is 5.75 Å². The molecule has 6 heteroatoms. The molecule has 0 N–H and O–H groups in total. The second kappa shape index (κ2) is 6.43. The van der Waals surface area contributed by atoms with Gasteiger partial charge in [0, 0.05) is 44.8 Å². The minimum Gasteiger partial charge on any atom is -0.490 e. The van der Waals surface area contributed by atoms with Gasteiger partial charge in [0.05, 0.1) is 17.9 Å². The summed E-state index contributed by atoms with van der Waals surface area (Å²) in [5, 5.41) is 8.98. The van der Waals surface area contributed by atoms with Gasteiger partial charge in [-0.2, -0.15) is 0 Å². The number of anilines is 2. The van der Waals surface area contributed by atoms with E-state index >= 15 is 0 Å². The summed E-state index contributed by atoms with van der Waals surface area (Å²) in [5.74, 6) is 1.91. The van der Waals surface area contributed by atoms with E-state index < -0.39 is 0 Å². The summed E-state index contributed by atoms with van der Waals surface area (Å²) in [7, 11) is 2.10. The molecule has 0 bridgehead atoms. The van der Waals surface area contributed by atoms with Gasteiger partial charge in [-0.15, -0.1) is 10.2 Å². The maximum absolute atomic E-state index is 5.81. The van der Waals surface area contributed by atoms with Crippen LogP contribution in [-0.4, -0.2) is 67.5 Å². The Kier molecular flexibility index (Phi) is 3.93. The number of ether oxygens (including phenoxy) is 1. The van der Waals surface area contributed by atoms with Crippen molar-refractivity contribution in [1.29, 1.82) is 0 Å². The second-order valence-electron chi connectivity index (χ2n) is 7.48. The molecule has 0 unspecified atom stereocenters. The van der Waals surface area contributed by atoms with Gasteiger partial charge in [0.15, 0.2) is 5.82 Å². The summed E-state index contributed by atoms with van der Waals surface area (Å²) in [6.45, 7) is 6.03. The van der Waals surface area contributed by atoms with Crippen LogP contribution >= 0.6 is 0 Å². The number of nitrogens with zero attached hydrogens (tertiary/aromatic N) is 5. The van der Waals surface area contributed by atoms with E-state index in [-0.39, 0.29) is 0 Å². The van der Waals surface area contributed by atoms with Gasteiger partial charge in [0.2, 0.25) is 0 Å². The van der Waals surface area contributed by atoms with E-state index in [2.05, 4.69) is 62.3 Å². The molecule has 2 aromatic rings. The monoisotopic (exact) mass is 351 g/mol. The zero-order chi connectivity index (χ0) is 17.5. The first-order chi connectivity index (χ1) is 12.8. The van der Waals surface area contributed by atoms with Crippen LogP contribution in [0.2, 0.25) is 0 Å². The van der Waals surface area contributed by atoms with Gasteiger partial charge in [-0.25, -0.2) is 0 Å². The molecule has 1 aliphatic carbocycles. The minimum atomic E-state index is 0.727. The average Bonchev–Trinajstić information content (AvgIpc) is 3.54. The molecule has 0 radical (unpaired) electrons. The summed E-state index contributed by atoms with van der Waals surface area (Å²) < 4.78 is 5.81. The van der Waals surface area contributed by atoms with Crippen molar-refractivity contribution >= 4 is 11.5 Å². The molecule has 3 aliphatic rings. The van der Waals surface area contributed by atoms with E-state index in [9.17, 15) is 0 Å². The highest BCUT2D eigenvalue weighted by molar-refractivity contribution is 5.70. The maximum Gasteiger partial charge on any atom is 0.151 e. The lowest BCUT2D eigenvalue weighted by atomic mass is 10.1. The van der Waals surface area contributed by atoms with Gasteiger partial charge >= 0.3 is 0 Å².